The Morgan fingerprint density at radius 2 is 2.15 bits per heavy atom. The van der Waals surface area contributed by atoms with Crippen molar-refractivity contribution < 1.29 is 10.2 Å². The van der Waals surface area contributed by atoms with Gasteiger partial charge >= 0.3 is 0 Å². The Balaban J connectivity index is 2.95. The minimum atomic E-state index is -0.0692. The van der Waals surface area contributed by atoms with E-state index in [9.17, 15) is 5.11 Å². The average Bonchev–Trinajstić information content (AvgIpc) is 2.04. The van der Waals surface area contributed by atoms with E-state index in [0.29, 0.717) is 17.8 Å². The van der Waals surface area contributed by atoms with Gasteiger partial charge in [-0.25, -0.2) is 0 Å². The van der Waals surface area contributed by atoms with Gasteiger partial charge in [-0.2, -0.15) is 0 Å². The molecule has 0 amide bonds. The molecule has 1 aromatic rings. The van der Waals surface area contributed by atoms with Crippen molar-refractivity contribution in [2.24, 2.45) is 0 Å². The fourth-order valence-corrected chi connectivity index (χ4v) is 1.05. The first-order valence-corrected chi connectivity index (χ1v) is 3.89. The van der Waals surface area contributed by atoms with E-state index in [2.05, 4.69) is 5.32 Å². The molecule has 4 N–H and O–H groups in total. The Morgan fingerprint density at radius 1 is 1.46 bits per heavy atom. The highest BCUT2D eigenvalue weighted by molar-refractivity contribution is 6.02. The molecule has 0 radical (unpaired) electrons. The molecule has 0 atom stereocenters. The summed E-state index contributed by atoms with van der Waals surface area (Å²) in [5, 5.41) is 28.7. The van der Waals surface area contributed by atoms with E-state index >= 15 is 0 Å². The van der Waals surface area contributed by atoms with Gasteiger partial charge in [-0.1, -0.05) is 0 Å². The smallest absolute Gasteiger partial charge is 0.128 e. The quantitative estimate of drug-likeness (QED) is 0.517. The highest BCUT2D eigenvalue weighted by atomic mass is 16.3. The Morgan fingerprint density at radius 3 is 2.69 bits per heavy atom. The van der Waals surface area contributed by atoms with Crippen molar-refractivity contribution in [3.8, 4) is 11.5 Å². The Bertz CT molecular complexity index is 323. The zero-order chi connectivity index (χ0) is 9.84. The third-order valence-electron chi connectivity index (χ3n) is 1.66. The van der Waals surface area contributed by atoms with Crippen molar-refractivity contribution in [2.75, 3.05) is 13.6 Å². The van der Waals surface area contributed by atoms with Gasteiger partial charge in [0.2, 0.25) is 0 Å². The van der Waals surface area contributed by atoms with E-state index < -0.39 is 0 Å². The number of nitrogens with one attached hydrogen (secondary N) is 2. The van der Waals surface area contributed by atoms with E-state index in [1.807, 2.05) is 0 Å². The topological polar surface area (TPSA) is 76.3 Å². The summed E-state index contributed by atoms with van der Waals surface area (Å²) in [6.07, 6.45) is 0. The number of aromatic hydroxyl groups is 2. The van der Waals surface area contributed by atoms with E-state index in [1.54, 1.807) is 7.05 Å². The number of likely N-dealkylation sites (N-methyl/N-ethyl adjacent to an activating group) is 1. The van der Waals surface area contributed by atoms with Crippen molar-refractivity contribution in [3.05, 3.63) is 23.8 Å². The second kappa shape index (κ2) is 3.91. The van der Waals surface area contributed by atoms with Crippen LogP contribution in [0.25, 0.3) is 0 Å². The standard InChI is InChI=1S/C9H12N2O2/c1-11-5-8(10)7-3-2-6(12)4-9(7)13/h2-4,10-13H,5H2,1H3. The van der Waals surface area contributed by atoms with Crippen LogP contribution in [0.4, 0.5) is 0 Å². The van der Waals surface area contributed by atoms with Gasteiger partial charge in [0.15, 0.2) is 0 Å². The first kappa shape index (κ1) is 9.54. The largest absolute Gasteiger partial charge is 0.508 e. The van der Waals surface area contributed by atoms with Crippen molar-refractivity contribution >= 4 is 5.71 Å². The first-order chi connectivity index (χ1) is 6.15. The predicted octanol–water partition coefficient (Wildman–Crippen LogP) is 0.685. The van der Waals surface area contributed by atoms with Gasteiger partial charge in [-0.15, -0.1) is 0 Å². The molecular weight excluding hydrogens is 168 g/mol. The van der Waals surface area contributed by atoms with Gasteiger partial charge in [0.25, 0.3) is 0 Å². The molecule has 0 aromatic heterocycles. The van der Waals surface area contributed by atoms with E-state index in [4.69, 9.17) is 10.5 Å². The average molecular weight is 180 g/mol. The maximum Gasteiger partial charge on any atom is 0.128 e. The van der Waals surface area contributed by atoms with Gasteiger partial charge in [0, 0.05) is 18.2 Å². The van der Waals surface area contributed by atoms with Crippen LogP contribution in [0.3, 0.4) is 0 Å². The van der Waals surface area contributed by atoms with Crippen LogP contribution in [0.1, 0.15) is 5.56 Å². The molecule has 0 aliphatic carbocycles. The van der Waals surface area contributed by atoms with Crippen LogP contribution in [-0.2, 0) is 0 Å². The summed E-state index contributed by atoms with van der Waals surface area (Å²) in [5.74, 6) is -0.0706. The lowest BCUT2D eigenvalue weighted by molar-refractivity contribution is 0.450. The molecule has 0 saturated heterocycles. The molecule has 0 heterocycles. The minimum absolute atomic E-state index is 0.00138. The summed E-state index contributed by atoms with van der Waals surface area (Å²) in [6.45, 7) is 0.387. The molecule has 0 spiro atoms. The zero-order valence-corrected chi connectivity index (χ0v) is 7.33. The lowest BCUT2D eigenvalue weighted by Gasteiger charge is -2.05. The van der Waals surface area contributed by atoms with Crippen LogP contribution in [0.15, 0.2) is 18.2 Å². The minimum Gasteiger partial charge on any atom is -0.508 e. The first-order valence-electron chi connectivity index (χ1n) is 3.89. The second-order valence-electron chi connectivity index (χ2n) is 2.71. The Kier molecular flexibility index (Phi) is 2.87. The van der Waals surface area contributed by atoms with Crippen LogP contribution >= 0.6 is 0 Å². The summed E-state index contributed by atoms with van der Waals surface area (Å²) >= 11 is 0. The molecule has 0 aliphatic rings. The molecule has 0 aliphatic heterocycles. The summed E-state index contributed by atoms with van der Waals surface area (Å²) in [5.41, 5.74) is 0.729. The second-order valence-corrected chi connectivity index (χ2v) is 2.71. The van der Waals surface area contributed by atoms with Crippen LogP contribution in [0.2, 0.25) is 0 Å². The maximum absolute atomic E-state index is 9.36. The van der Waals surface area contributed by atoms with Gasteiger partial charge in [0.1, 0.15) is 11.5 Å². The number of phenols is 2. The zero-order valence-electron chi connectivity index (χ0n) is 7.33. The van der Waals surface area contributed by atoms with Crippen LogP contribution < -0.4 is 5.32 Å². The lowest BCUT2D eigenvalue weighted by Crippen LogP contribution is -2.18. The molecule has 4 nitrogen and oxygen atoms in total. The van der Waals surface area contributed by atoms with Crippen LogP contribution in [-0.4, -0.2) is 29.5 Å². The van der Waals surface area contributed by atoms with Gasteiger partial charge in [-0.3, -0.25) is 0 Å². The van der Waals surface area contributed by atoms with Crippen molar-refractivity contribution in [2.45, 2.75) is 0 Å². The third-order valence-corrected chi connectivity index (χ3v) is 1.66. The molecule has 70 valence electrons. The molecular formula is C9H12N2O2. The number of hydrogen-bond acceptors (Lipinski definition) is 4. The lowest BCUT2D eigenvalue weighted by atomic mass is 10.1. The van der Waals surface area contributed by atoms with Gasteiger partial charge in [0.05, 0.1) is 5.71 Å². The molecule has 1 aromatic carbocycles. The summed E-state index contributed by atoms with van der Waals surface area (Å²) < 4.78 is 0. The molecule has 4 heteroatoms. The molecule has 0 unspecified atom stereocenters. The monoisotopic (exact) mass is 180 g/mol. The van der Waals surface area contributed by atoms with Gasteiger partial charge < -0.3 is 20.9 Å². The van der Waals surface area contributed by atoms with Crippen molar-refractivity contribution in [1.82, 2.24) is 5.32 Å². The van der Waals surface area contributed by atoms with Crippen molar-refractivity contribution in [3.63, 3.8) is 0 Å². The molecule has 0 fully saturated rings. The maximum atomic E-state index is 9.36. The van der Waals surface area contributed by atoms with E-state index in [-0.39, 0.29) is 11.5 Å². The summed E-state index contributed by atoms with van der Waals surface area (Å²) in [6, 6.07) is 4.18. The fourth-order valence-electron chi connectivity index (χ4n) is 1.05. The number of phenolic OH excluding ortho intramolecular Hbond substituents is 2. The van der Waals surface area contributed by atoms with Crippen molar-refractivity contribution in [1.29, 1.82) is 5.41 Å². The Hall–Kier alpha value is -1.55. The Labute approximate surface area is 76.3 Å². The third kappa shape index (κ3) is 2.19. The predicted molar refractivity (Wildman–Crippen MR) is 50.5 cm³/mol. The van der Waals surface area contributed by atoms with Crippen LogP contribution in [0, 0.1) is 5.41 Å². The van der Waals surface area contributed by atoms with E-state index in [0.717, 1.165) is 0 Å². The number of rotatable bonds is 3. The SMILES string of the molecule is CNCC(=N)c1ccc(O)cc1O. The highest BCUT2D eigenvalue weighted by Gasteiger charge is 2.06. The normalized spacial score (nSPS) is 9.92. The molecule has 0 bridgehead atoms. The molecule has 1 rings (SSSR count). The number of hydrogen-bond donors (Lipinski definition) is 4. The molecule has 0 saturated carbocycles. The summed E-state index contributed by atoms with van der Waals surface area (Å²) in [4.78, 5) is 0. The number of benzene rings is 1. The van der Waals surface area contributed by atoms with E-state index in [1.165, 1.54) is 18.2 Å². The summed E-state index contributed by atoms with van der Waals surface area (Å²) in [7, 11) is 1.73. The van der Waals surface area contributed by atoms with Crippen LogP contribution in [0.5, 0.6) is 11.5 Å². The molecule has 13 heavy (non-hydrogen) atoms. The highest BCUT2D eigenvalue weighted by Crippen LogP contribution is 2.22. The fraction of sp³-hybridized carbons (Fsp3) is 0.222. The van der Waals surface area contributed by atoms with Gasteiger partial charge in [-0.05, 0) is 19.2 Å².